The molecule has 0 atom stereocenters. The number of anilines is 2. The molecule has 0 fully saturated rings. The first kappa shape index (κ1) is 15.6. The average molecular weight is 329 g/mol. The van der Waals surface area contributed by atoms with Crippen LogP contribution in [0, 0.1) is 0 Å². The smallest absolute Gasteiger partial charge is 0.270 e. The summed E-state index contributed by atoms with van der Waals surface area (Å²) >= 11 is 1.49. The molecule has 0 saturated carbocycles. The lowest BCUT2D eigenvalue weighted by Gasteiger charge is -2.11. The number of unbranched alkanes of at least 4 members (excludes halogenated alkanes) is 2. The van der Waals surface area contributed by atoms with Crippen LogP contribution in [0.2, 0.25) is 0 Å². The number of aliphatic imine (C=N–C) groups is 1. The Bertz CT molecular complexity index is 712. The van der Waals surface area contributed by atoms with E-state index in [1.54, 1.807) is 12.4 Å². The fourth-order valence-corrected chi connectivity index (χ4v) is 2.95. The minimum atomic E-state index is -0.134. The zero-order chi connectivity index (χ0) is 16.1. The van der Waals surface area contributed by atoms with Crippen LogP contribution >= 0.6 is 11.3 Å². The zero-order valence-corrected chi connectivity index (χ0v) is 13.8. The number of hydrogen-bond donors (Lipinski definition) is 2. The maximum absolute atomic E-state index is 12.5. The van der Waals surface area contributed by atoms with E-state index in [0.717, 1.165) is 35.5 Å². The molecular formula is C16H19N5OS. The quantitative estimate of drug-likeness (QED) is 0.765. The van der Waals surface area contributed by atoms with Gasteiger partial charge in [0.1, 0.15) is 11.5 Å². The van der Waals surface area contributed by atoms with Crippen molar-refractivity contribution in [3.63, 3.8) is 0 Å². The third-order valence-corrected chi connectivity index (χ3v) is 4.28. The van der Waals surface area contributed by atoms with Gasteiger partial charge in [-0.1, -0.05) is 19.8 Å². The number of carbonyl (C=O) groups excluding carboxylic acids is 1. The molecule has 23 heavy (non-hydrogen) atoms. The lowest BCUT2D eigenvalue weighted by atomic mass is 10.1. The van der Waals surface area contributed by atoms with Crippen LogP contribution < -0.4 is 10.6 Å². The normalized spacial score (nSPS) is 12.2. The van der Waals surface area contributed by atoms with Crippen molar-refractivity contribution in [2.24, 2.45) is 4.99 Å². The van der Waals surface area contributed by atoms with Crippen molar-refractivity contribution in [1.29, 1.82) is 0 Å². The molecule has 7 heteroatoms. The molecule has 2 aromatic rings. The summed E-state index contributed by atoms with van der Waals surface area (Å²) in [6.45, 7) is 3.33. The van der Waals surface area contributed by atoms with Crippen molar-refractivity contribution in [3.05, 3.63) is 34.5 Å². The molecule has 0 radical (unpaired) electrons. The van der Waals surface area contributed by atoms with Crippen LogP contribution in [0.25, 0.3) is 0 Å². The van der Waals surface area contributed by atoms with Crippen molar-refractivity contribution in [2.45, 2.75) is 32.7 Å². The Morgan fingerprint density at radius 2 is 2.30 bits per heavy atom. The van der Waals surface area contributed by atoms with Gasteiger partial charge in [-0.25, -0.2) is 9.97 Å². The van der Waals surface area contributed by atoms with Crippen LogP contribution in [0.15, 0.2) is 22.6 Å². The van der Waals surface area contributed by atoms with E-state index in [2.05, 4.69) is 32.5 Å². The maximum Gasteiger partial charge on any atom is 0.270 e. The third-order valence-electron chi connectivity index (χ3n) is 3.59. The number of thiazole rings is 1. The van der Waals surface area contributed by atoms with Crippen LogP contribution in [-0.4, -0.2) is 28.6 Å². The van der Waals surface area contributed by atoms with Crippen LogP contribution in [0.1, 0.15) is 47.8 Å². The Kier molecular flexibility index (Phi) is 4.97. The number of hydrogen-bond acceptors (Lipinski definition) is 6. The Morgan fingerprint density at radius 1 is 1.39 bits per heavy atom. The van der Waals surface area contributed by atoms with Gasteiger partial charge >= 0.3 is 0 Å². The fraction of sp³-hybridized carbons (Fsp3) is 0.375. The van der Waals surface area contributed by atoms with Crippen molar-refractivity contribution in [3.8, 4) is 0 Å². The molecule has 0 aliphatic carbocycles. The van der Waals surface area contributed by atoms with Gasteiger partial charge in [-0.2, -0.15) is 0 Å². The molecule has 0 aromatic carbocycles. The lowest BCUT2D eigenvalue weighted by molar-refractivity contribution is 0.0947. The molecule has 1 amide bonds. The molecule has 1 aliphatic rings. The second-order valence-electron chi connectivity index (χ2n) is 5.32. The first-order valence-electron chi connectivity index (χ1n) is 7.76. The fourth-order valence-electron chi connectivity index (χ4n) is 2.42. The summed E-state index contributed by atoms with van der Waals surface area (Å²) in [5, 5.41) is 8.73. The first-order chi connectivity index (χ1) is 11.3. The van der Waals surface area contributed by atoms with Crippen molar-refractivity contribution < 1.29 is 4.79 Å². The van der Waals surface area contributed by atoms with Crippen molar-refractivity contribution in [1.82, 2.24) is 15.3 Å². The number of fused-ring (bicyclic) bond motifs is 1. The highest BCUT2D eigenvalue weighted by molar-refractivity contribution is 7.13. The third kappa shape index (κ3) is 3.73. The van der Waals surface area contributed by atoms with Gasteiger partial charge in [0, 0.05) is 35.5 Å². The van der Waals surface area contributed by atoms with E-state index in [1.807, 2.05) is 11.4 Å². The summed E-state index contributed by atoms with van der Waals surface area (Å²) < 4.78 is 0. The second kappa shape index (κ2) is 7.32. The summed E-state index contributed by atoms with van der Waals surface area (Å²) in [4.78, 5) is 25.4. The predicted molar refractivity (Wildman–Crippen MR) is 92.8 cm³/mol. The number of aromatic nitrogens is 2. The number of rotatable bonds is 7. The molecule has 2 N–H and O–H groups in total. The summed E-state index contributed by atoms with van der Waals surface area (Å²) in [6.07, 6.45) is 6.74. The number of nitrogens with one attached hydrogen (secondary N) is 2. The van der Waals surface area contributed by atoms with Gasteiger partial charge < -0.3 is 10.6 Å². The number of carbonyl (C=O) groups is 1. The zero-order valence-electron chi connectivity index (χ0n) is 13.0. The standard InChI is InChI=1S/C16H19N5OS/c1-2-3-4-5-18-15(22)14-12-10-17-9-11(12)8-13(20-14)21-16-19-6-7-23-16/h6-9H,2-5,10H2,1H3,(H,18,22)(H,19,20,21). The van der Waals surface area contributed by atoms with Crippen LogP contribution in [0.5, 0.6) is 0 Å². The summed E-state index contributed by atoms with van der Waals surface area (Å²) in [7, 11) is 0. The number of nitrogens with zero attached hydrogens (tertiary/aromatic N) is 3. The van der Waals surface area contributed by atoms with Gasteiger partial charge in [0.05, 0.1) is 6.54 Å². The van der Waals surface area contributed by atoms with E-state index in [9.17, 15) is 4.79 Å². The average Bonchev–Trinajstić information content (AvgIpc) is 3.22. The molecule has 3 rings (SSSR count). The first-order valence-corrected chi connectivity index (χ1v) is 8.64. The topological polar surface area (TPSA) is 79.3 Å². The van der Waals surface area contributed by atoms with Gasteiger partial charge in [0.2, 0.25) is 0 Å². The molecule has 2 aromatic heterocycles. The van der Waals surface area contributed by atoms with Crippen LogP contribution in [0.4, 0.5) is 10.9 Å². The predicted octanol–water partition coefficient (Wildman–Crippen LogP) is 3.13. The number of pyridine rings is 1. The van der Waals surface area contributed by atoms with E-state index in [-0.39, 0.29) is 5.91 Å². The molecular weight excluding hydrogens is 310 g/mol. The van der Waals surface area contributed by atoms with Crippen LogP contribution in [0.3, 0.4) is 0 Å². The molecule has 6 nitrogen and oxygen atoms in total. The van der Waals surface area contributed by atoms with Crippen molar-refractivity contribution >= 4 is 34.4 Å². The highest BCUT2D eigenvalue weighted by Crippen LogP contribution is 2.24. The molecule has 120 valence electrons. The number of amides is 1. The van der Waals surface area contributed by atoms with E-state index < -0.39 is 0 Å². The molecule has 0 saturated heterocycles. The maximum atomic E-state index is 12.5. The highest BCUT2D eigenvalue weighted by Gasteiger charge is 2.20. The minimum absolute atomic E-state index is 0.134. The Balaban J connectivity index is 1.78. The van der Waals surface area contributed by atoms with E-state index in [1.165, 1.54) is 11.3 Å². The molecule has 0 unspecified atom stereocenters. The van der Waals surface area contributed by atoms with Gasteiger partial charge in [-0.15, -0.1) is 11.3 Å². The largest absolute Gasteiger partial charge is 0.351 e. The Labute approximate surface area is 139 Å². The van der Waals surface area contributed by atoms with E-state index in [0.29, 0.717) is 24.6 Å². The molecule has 0 spiro atoms. The van der Waals surface area contributed by atoms with E-state index >= 15 is 0 Å². The Morgan fingerprint density at radius 3 is 3.09 bits per heavy atom. The highest BCUT2D eigenvalue weighted by atomic mass is 32.1. The monoisotopic (exact) mass is 329 g/mol. The van der Waals surface area contributed by atoms with Gasteiger partial charge in [-0.3, -0.25) is 9.79 Å². The molecule has 3 heterocycles. The summed E-state index contributed by atoms with van der Waals surface area (Å²) in [6, 6.07) is 1.90. The SMILES string of the molecule is CCCCCNC(=O)c1nc(Nc2nccs2)cc2c1CN=C2. The lowest BCUT2D eigenvalue weighted by Crippen LogP contribution is -2.27. The van der Waals surface area contributed by atoms with Crippen molar-refractivity contribution in [2.75, 3.05) is 11.9 Å². The van der Waals surface area contributed by atoms with E-state index in [4.69, 9.17) is 0 Å². The van der Waals surface area contributed by atoms with Crippen LogP contribution in [-0.2, 0) is 6.54 Å². The summed E-state index contributed by atoms with van der Waals surface area (Å²) in [5.74, 6) is 0.483. The van der Waals surface area contributed by atoms with Gasteiger partial charge in [-0.05, 0) is 12.5 Å². The second-order valence-corrected chi connectivity index (χ2v) is 6.21. The molecule has 0 bridgehead atoms. The Hall–Kier alpha value is -2.28. The van der Waals surface area contributed by atoms with Gasteiger partial charge in [0.25, 0.3) is 5.91 Å². The molecule has 1 aliphatic heterocycles. The minimum Gasteiger partial charge on any atom is -0.351 e. The van der Waals surface area contributed by atoms with Gasteiger partial charge in [0.15, 0.2) is 5.13 Å². The summed E-state index contributed by atoms with van der Waals surface area (Å²) in [5.41, 5.74) is 2.29.